The molecule has 0 amide bonds. The molecule has 1 aromatic carbocycles. The number of hydrogen-bond donors (Lipinski definition) is 1. The van der Waals surface area contributed by atoms with Crippen LogP contribution < -0.4 is 5.73 Å². The predicted molar refractivity (Wildman–Crippen MR) is 72.3 cm³/mol. The van der Waals surface area contributed by atoms with Crippen LogP contribution in [0.4, 0.5) is 5.69 Å². The van der Waals surface area contributed by atoms with Crippen molar-refractivity contribution in [2.45, 2.75) is 38.8 Å². The third kappa shape index (κ3) is 2.41. The Balaban J connectivity index is 2.14. The Labute approximate surface area is 106 Å². The summed E-state index contributed by atoms with van der Waals surface area (Å²) in [5.41, 5.74) is 8.17. The van der Waals surface area contributed by atoms with E-state index in [-0.39, 0.29) is 0 Å². The maximum absolute atomic E-state index is 6.03. The molecule has 2 rings (SSSR count). The number of benzene rings is 1. The Morgan fingerprint density at radius 1 is 1.50 bits per heavy atom. The molecule has 1 saturated heterocycles. The highest BCUT2D eigenvalue weighted by Gasteiger charge is 2.23. The average molecular weight is 283 g/mol. The summed E-state index contributed by atoms with van der Waals surface area (Å²) in [5, 5.41) is 0. The number of anilines is 1. The van der Waals surface area contributed by atoms with Gasteiger partial charge in [-0.2, -0.15) is 0 Å². The number of nitrogen functional groups attached to an aromatic ring is 1. The fourth-order valence-corrected chi connectivity index (χ4v) is 3.02. The van der Waals surface area contributed by atoms with Gasteiger partial charge in [0.2, 0.25) is 0 Å². The lowest BCUT2D eigenvalue weighted by Gasteiger charge is -2.24. The minimum absolute atomic E-state index is 0.742. The van der Waals surface area contributed by atoms with E-state index >= 15 is 0 Å². The van der Waals surface area contributed by atoms with Gasteiger partial charge in [-0.25, -0.2) is 0 Å². The van der Waals surface area contributed by atoms with Crippen molar-refractivity contribution < 1.29 is 0 Å². The first-order valence-electron chi connectivity index (χ1n) is 5.99. The van der Waals surface area contributed by atoms with Gasteiger partial charge in [-0.05, 0) is 37.9 Å². The first kappa shape index (κ1) is 11.9. The van der Waals surface area contributed by atoms with E-state index in [0.29, 0.717) is 0 Å². The molecular weight excluding hydrogens is 264 g/mol. The van der Waals surface area contributed by atoms with Gasteiger partial charge in [0, 0.05) is 28.3 Å². The molecule has 0 spiro atoms. The van der Waals surface area contributed by atoms with Crippen molar-refractivity contribution in [3.8, 4) is 0 Å². The van der Waals surface area contributed by atoms with Crippen molar-refractivity contribution in [3.05, 3.63) is 28.2 Å². The van der Waals surface area contributed by atoms with Gasteiger partial charge in [0.15, 0.2) is 0 Å². The maximum Gasteiger partial charge on any atom is 0.0371 e. The van der Waals surface area contributed by atoms with E-state index in [1.54, 1.807) is 0 Å². The number of nitrogens with zero attached hydrogens (tertiary/aromatic N) is 1. The van der Waals surface area contributed by atoms with Crippen LogP contribution in [-0.4, -0.2) is 17.5 Å². The zero-order chi connectivity index (χ0) is 11.5. The summed E-state index contributed by atoms with van der Waals surface area (Å²) in [6.45, 7) is 4.46. The fourth-order valence-electron chi connectivity index (χ4n) is 2.51. The molecule has 1 fully saturated rings. The predicted octanol–water partition coefficient (Wildman–Crippen LogP) is 3.41. The normalized spacial score (nSPS) is 21.5. The standard InChI is InChI=1S/C13H19BrN2/c1-2-10-5-4-8-16(10)9-11-12(14)6-3-7-13(11)15/h3,6-7,10H,2,4-5,8-9,15H2,1H3. The number of rotatable bonds is 3. The van der Waals surface area contributed by atoms with Gasteiger partial charge in [-0.1, -0.05) is 28.9 Å². The molecule has 0 saturated carbocycles. The van der Waals surface area contributed by atoms with E-state index in [4.69, 9.17) is 5.73 Å². The minimum Gasteiger partial charge on any atom is -0.398 e. The second-order valence-electron chi connectivity index (χ2n) is 4.48. The Hall–Kier alpha value is -0.540. The van der Waals surface area contributed by atoms with E-state index in [9.17, 15) is 0 Å². The molecule has 2 N–H and O–H groups in total. The van der Waals surface area contributed by atoms with Crippen molar-refractivity contribution in [2.24, 2.45) is 0 Å². The highest BCUT2D eigenvalue weighted by Crippen LogP contribution is 2.28. The molecule has 0 aromatic heterocycles. The SMILES string of the molecule is CCC1CCCN1Cc1c(N)cccc1Br. The highest BCUT2D eigenvalue weighted by molar-refractivity contribution is 9.10. The molecule has 0 aliphatic carbocycles. The van der Waals surface area contributed by atoms with Gasteiger partial charge in [0.1, 0.15) is 0 Å². The smallest absolute Gasteiger partial charge is 0.0371 e. The lowest BCUT2D eigenvalue weighted by Crippen LogP contribution is -2.28. The largest absolute Gasteiger partial charge is 0.398 e. The number of hydrogen-bond acceptors (Lipinski definition) is 2. The summed E-state index contributed by atoms with van der Waals surface area (Å²) in [5.74, 6) is 0. The number of halogens is 1. The summed E-state index contributed by atoms with van der Waals surface area (Å²) >= 11 is 3.59. The summed E-state index contributed by atoms with van der Waals surface area (Å²) in [6, 6.07) is 6.79. The fraction of sp³-hybridized carbons (Fsp3) is 0.538. The van der Waals surface area contributed by atoms with E-state index in [0.717, 1.165) is 22.7 Å². The van der Waals surface area contributed by atoms with Crippen LogP contribution in [0, 0.1) is 0 Å². The molecule has 1 aliphatic rings. The molecule has 0 radical (unpaired) electrons. The van der Waals surface area contributed by atoms with Crippen molar-refractivity contribution in [2.75, 3.05) is 12.3 Å². The quantitative estimate of drug-likeness (QED) is 0.861. The lowest BCUT2D eigenvalue weighted by molar-refractivity contribution is 0.240. The summed E-state index contributed by atoms with van der Waals surface area (Å²) in [4.78, 5) is 2.55. The van der Waals surface area contributed by atoms with Crippen LogP contribution >= 0.6 is 15.9 Å². The molecule has 0 bridgehead atoms. The molecule has 88 valence electrons. The maximum atomic E-state index is 6.03. The molecule has 16 heavy (non-hydrogen) atoms. The lowest BCUT2D eigenvalue weighted by atomic mass is 10.1. The van der Waals surface area contributed by atoms with Gasteiger partial charge < -0.3 is 5.73 Å². The zero-order valence-electron chi connectivity index (χ0n) is 9.75. The third-order valence-corrected chi connectivity index (χ3v) is 4.23. The Morgan fingerprint density at radius 2 is 2.31 bits per heavy atom. The van der Waals surface area contributed by atoms with Crippen molar-refractivity contribution >= 4 is 21.6 Å². The number of nitrogens with two attached hydrogens (primary N) is 1. The Bertz CT molecular complexity index is 345. The van der Waals surface area contributed by atoms with Crippen LogP contribution in [-0.2, 0) is 6.54 Å². The van der Waals surface area contributed by atoms with Gasteiger partial charge >= 0.3 is 0 Å². The van der Waals surface area contributed by atoms with Crippen LogP contribution in [0.5, 0.6) is 0 Å². The van der Waals surface area contributed by atoms with E-state index in [1.807, 2.05) is 12.1 Å². The molecule has 1 aromatic rings. The van der Waals surface area contributed by atoms with Crippen molar-refractivity contribution in [3.63, 3.8) is 0 Å². The molecule has 1 unspecified atom stereocenters. The van der Waals surface area contributed by atoms with Crippen LogP contribution in [0.3, 0.4) is 0 Å². The molecule has 2 nitrogen and oxygen atoms in total. The van der Waals surface area contributed by atoms with Gasteiger partial charge in [0.05, 0.1) is 0 Å². The second-order valence-corrected chi connectivity index (χ2v) is 5.34. The molecule has 1 heterocycles. The molecule has 1 aliphatic heterocycles. The molecule has 3 heteroatoms. The monoisotopic (exact) mass is 282 g/mol. The number of likely N-dealkylation sites (tertiary alicyclic amines) is 1. The average Bonchev–Trinajstić information content (AvgIpc) is 2.71. The second kappa shape index (κ2) is 5.19. The zero-order valence-corrected chi connectivity index (χ0v) is 11.3. The molecular formula is C13H19BrN2. The van der Waals surface area contributed by atoms with Gasteiger partial charge in [-0.15, -0.1) is 0 Å². The summed E-state index contributed by atoms with van der Waals surface area (Å²) < 4.78 is 1.13. The van der Waals surface area contributed by atoms with E-state index in [1.165, 1.54) is 31.4 Å². The third-order valence-electron chi connectivity index (χ3n) is 3.49. The first-order chi connectivity index (χ1) is 7.72. The van der Waals surface area contributed by atoms with Gasteiger partial charge in [-0.3, -0.25) is 4.90 Å². The van der Waals surface area contributed by atoms with Crippen LogP contribution in [0.1, 0.15) is 31.7 Å². The Morgan fingerprint density at radius 3 is 3.00 bits per heavy atom. The summed E-state index contributed by atoms with van der Waals surface area (Å²) in [6.07, 6.45) is 3.90. The van der Waals surface area contributed by atoms with Crippen molar-refractivity contribution in [1.82, 2.24) is 4.90 Å². The van der Waals surface area contributed by atoms with Crippen LogP contribution in [0.2, 0.25) is 0 Å². The van der Waals surface area contributed by atoms with E-state index < -0.39 is 0 Å². The van der Waals surface area contributed by atoms with Gasteiger partial charge in [0.25, 0.3) is 0 Å². The van der Waals surface area contributed by atoms with Crippen LogP contribution in [0.25, 0.3) is 0 Å². The molecule has 1 atom stereocenters. The highest BCUT2D eigenvalue weighted by atomic mass is 79.9. The van der Waals surface area contributed by atoms with Crippen LogP contribution in [0.15, 0.2) is 22.7 Å². The minimum atomic E-state index is 0.742. The Kier molecular flexibility index (Phi) is 3.87. The first-order valence-corrected chi connectivity index (χ1v) is 6.78. The van der Waals surface area contributed by atoms with E-state index in [2.05, 4.69) is 33.8 Å². The summed E-state index contributed by atoms with van der Waals surface area (Å²) in [7, 11) is 0. The van der Waals surface area contributed by atoms with Crippen molar-refractivity contribution in [1.29, 1.82) is 0 Å². The topological polar surface area (TPSA) is 29.3 Å².